The summed E-state index contributed by atoms with van der Waals surface area (Å²) in [6.45, 7) is 1.84. The number of hydrogen-bond donors (Lipinski definition) is 1. The summed E-state index contributed by atoms with van der Waals surface area (Å²) in [7, 11) is 0. The zero-order valence-corrected chi connectivity index (χ0v) is 9.70. The molecule has 94 valence electrons. The average Bonchev–Trinajstić information content (AvgIpc) is 2.27. The van der Waals surface area contributed by atoms with Crippen LogP contribution >= 0.6 is 0 Å². The third-order valence-corrected chi connectivity index (χ3v) is 1.96. The predicted octanol–water partition coefficient (Wildman–Crippen LogP) is 1.37. The molecule has 0 fully saturated rings. The van der Waals surface area contributed by atoms with Gasteiger partial charge in [-0.1, -0.05) is 12.0 Å². The van der Waals surface area contributed by atoms with Gasteiger partial charge in [-0.3, -0.25) is 4.79 Å². The van der Waals surface area contributed by atoms with Crippen molar-refractivity contribution >= 4 is 11.9 Å². The molecule has 0 spiro atoms. The topological polar surface area (TPSA) is 63.6 Å². The first kappa shape index (κ1) is 13.7. The number of esters is 1. The summed E-state index contributed by atoms with van der Waals surface area (Å²) < 4.78 is 18.1. The van der Waals surface area contributed by atoms with Crippen molar-refractivity contribution < 1.29 is 23.8 Å². The van der Waals surface area contributed by atoms with E-state index in [1.807, 2.05) is 0 Å². The van der Waals surface area contributed by atoms with Gasteiger partial charge >= 0.3 is 11.9 Å². The number of carboxylic acids is 1. The smallest absolute Gasteiger partial charge is 0.384 e. The van der Waals surface area contributed by atoms with Crippen LogP contribution in [0.3, 0.4) is 0 Å². The Hall–Kier alpha value is -2.35. The number of ether oxygens (including phenoxy) is 1. The van der Waals surface area contributed by atoms with Gasteiger partial charge in [0.05, 0.1) is 18.6 Å². The standard InChI is InChI=1S/C13H11FO4/c1-2-18-13(17)6-5-10-4-3-9(7-11(10)14)8-12(15)16/h3-4,7H,2,8H2,1H3,(H,15,16). The largest absolute Gasteiger partial charge is 0.481 e. The van der Waals surface area contributed by atoms with E-state index in [0.717, 1.165) is 6.07 Å². The number of carbonyl (C=O) groups is 2. The number of aliphatic carboxylic acids is 1. The average molecular weight is 250 g/mol. The molecule has 0 aliphatic heterocycles. The van der Waals surface area contributed by atoms with Crippen LogP contribution < -0.4 is 0 Å². The van der Waals surface area contributed by atoms with E-state index in [4.69, 9.17) is 5.11 Å². The third-order valence-electron chi connectivity index (χ3n) is 1.96. The third kappa shape index (κ3) is 4.26. The van der Waals surface area contributed by atoms with E-state index in [0.29, 0.717) is 5.56 Å². The van der Waals surface area contributed by atoms with Gasteiger partial charge in [0.25, 0.3) is 0 Å². The zero-order chi connectivity index (χ0) is 13.5. The van der Waals surface area contributed by atoms with E-state index < -0.39 is 17.8 Å². The molecule has 0 saturated carbocycles. The maximum Gasteiger partial charge on any atom is 0.384 e. The second-order valence-electron chi connectivity index (χ2n) is 3.36. The number of rotatable bonds is 3. The van der Waals surface area contributed by atoms with Crippen LogP contribution in [0.5, 0.6) is 0 Å². The van der Waals surface area contributed by atoms with Gasteiger partial charge in [-0.2, -0.15) is 0 Å². The Balaban J connectivity index is 2.85. The molecule has 0 unspecified atom stereocenters. The molecule has 0 heterocycles. The Morgan fingerprint density at radius 3 is 2.72 bits per heavy atom. The SMILES string of the molecule is CCOC(=O)C#Cc1ccc(CC(=O)O)cc1F. The van der Waals surface area contributed by atoms with Crippen LogP contribution in [0.25, 0.3) is 0 Å². The highest BCUT2D eigenvalue weighted by molar-refractivity contribution is 5.89. The van der Waals surface area contributed by atoms with Crippen molar-refractivity contribution in [3.63, 3.8) is 0 Å². The first-order valence-corrected chi connectivity index (χ1v) is 5.22. The van der Waals surface area contributed by atoms with Crippen LogP contribution in [0.15, 0.2) is 18.2 Å². The number of hydrogen-bond acceptors (Lipinski definition) is 3. The lowest BCUT2D eigenvalue weighted by atomic mass is 10.1. The summed E-state index contributed by atoms with van der Waals surface area (Å²) >= 11 is 0. The second-order valence-corrected chi connectivity index (χ2v) is 3.36. The van der Waals surface area contributed by atoms with E-state index in [1.165, 1.54) is 12.1 Å². The van der Waals surface area contributed by atoms with Gasteiger partial charge in [-0.15, -0.1) is 0 Å². The summed E-state index contributed by atoms with van der Waals surface area (Å²) in [5, 5.41) is 8.55. The van der Waals surface area contributed by atoms with Crippen molar-refractivity contribution in [1.29, 1.82) is 0 Å². The highest BCUT2D eigenvalue weighted by atomic mass is 19.1. The highest BCUT2D eigenvalue weighted by Crippen LogP contribution is 2.10. The fourth-order valence-electron chi connectivity index (χ4n) is 1.23. The second kappa shape index (κ2) is 6.40. The molecule has 1 aromatic carbocycles. The van der Waals surface area contributed by atoms with Crippen molar-refractivity contribution in [2.45, 2.75) is 13.3 Å². The maximum absolute atomic E-state index is 13.5. The summed E-state index contributed by atoms with van der Waals surface area (Å²) in [5.74, 6) is 2.03. The van der Waals surface area contributed by atoms with Crippen LogP contribution in [-0.2, 0) is 20.7 Å². The van der Waals surface area contributed by atoms with Gasteiger partial charge in [0.15, 0.2) is 0 Å². The van der Waals surface area contributed by atoms with E-state index in [2.05, 4.69) is 16.6 Å². The molecule has 0 atom stereocenters. The Morgan fingerprint density at radius 2 is 2.17 bits per heavy atom. The molecule has 1 rings (SSSR count). The molecule has 0 bridgehead atoms. The monoisotopic (exact) mass is 250 g/mol. The lowest BCUT2D eigenvalue weighted by Crippen LogP contribution is -2.01. The lowest BCUT2D eigenvalue weighted by Gasteiger charge is -1.99. The molecule has 1 N–H and O–H groups in total. The Bertz CT molecular complexity index is 526. The number of halogens is 1. The van der Waals surface area contributed by atoms with E-state index in [-0.39, 0.29) is 18.6 Å². The molecule has 0 aliphatic carbocycles. The van der Waals surface area contributed by atoms with Crippen LogP contribution in [-0.4, -0.2) is 23.7 Å². The van der Waals surface area contributed by atoms with Crippen molar-refractivity contribution in [1.82, 2.24) is 0 Å². The van der Waals surface area contributed by atoms with Crippen LogP contribution in [0.1, 0.15) is 18.1 Å². The van der Waals surface area contributed by atoms with Gasteiger partial charge in [0, 0.05) is 5.92 Å². The van der Waals surface area contributed by atoms with Gasteiger partial charge < -0.3 is 9.84 Å². The minimum Gasteiger partial charge on any atom is -0.481 e. The van der Waals surface area contributed by atoms with E-state index in [1.54, 1.807) is 6.92 Å². The van der Waals surface area contributed by atoms with E-state index >= 15 is 0 Å². The Labute approximate surface area is 103 Å². The zero-order valence-electron chi connectivity index (χ0n) is 9.70. The van der Waals surface area contributed by atoms with Crippen molar-refractivity contribution in [2.75, 3.05) is 6.61 Å². The molecule has 0 amide bonds. The molecule has 5 heteroatoms. The van der Waals surface area contributed by atoms with Crippen molar-refractivity contribution in [2.24, 2.45) is 0 Å². The fraction of sp³-hybridized carbons (Fsp3) is 0.231. The maximum atomic E-state index is 13.5. The summed E-state index contributed by atoms with van der Waals surface area (Å²) in [5.41, 5.74) is 0.360. The van der Waals surface area contributed by atoms with Gasteiger partial charge in [-0.25, -0.2) is 9.18 Å². The first-order valence-electron chi connectivity index (χ1n) is 5.22. The van der Waals surface area contributed by atoms with Crippen molar-refractivity contribution in [3.05, 3.63) is 35.1 Å². The highest BCUT2D eigenvalue weighted by Gasteiger charge is 2.05. The molecule has 0 aromatic heterocycles. The fourth-order valence-corrected chi connectivity index (χ4v) is 1.23. The molecule has 0 radical (unpaired) electrons. The summed E-state index contributed by atoms with van der Waals surface area (Å²) in [6.07, 6.45) is -0.261. The Kier molecular flexibility index (Phi) is 4.88. The van der Waals surface area contributed by atoms with E-state index in [9.17, 15) is 14.0 Å². The van der Waals surface area contributed by atoms with Gasteiger partial charge in [-0.05, 0) is 24.6 Å². The summed E-state index contributed by atoms with van der Waals surface area (Å²) in [6, 6.07) is 3.87. The van der Waals surface area contributed by atoms with Crippen molar-refractivity contribution in [3.8, 4) is 11.8 Å². The molecular formula is C13H11FO4. The quantitative estimate of drug-likeness (QED) is 0.650. The normalized spacial score (nSPS) is 9.22. The molecular weight excluding hydrogens is 239 g/mol. The summed E-state index contributed by atoms with van der Waals surface area (Å²) in [4.78, 5) is 21.4. The lowest BCUT2D eigenvalue weighted by molar-refractivity contribution is -0.137. The Morgan fingerprint density at radius 1 is 1.44 bits per heavy atom. The minimum atomic E-state index is -1.04. The molecule has 4 nitrogen and oxygen atoms in total. The minimum absolute atomic E-state index is 0.0252. The molecule has 0 aliphatic rings. The van der Waals surface area contributed by atoms with Crippen LogP contribution in [0, 0.1) is 17.7 Å². The van der Waals surface area contributed by atoms with Gasteiger partial charge in [0.2, 0.25) is 0 Å². The molecule has 18 heavy (non-hydrogen) atoms. The van der Waals surface area contributed by atoms with Gasteiger partial charge in [0.1, 0.15) is 5.82 Å². The number of carboxylic acid groups (broad SMARTS) is 1. The predicted molar refractivity (Wildman–Crippen MR) is 61.3 cm³/mol. The molecule has 0 saturated heterocycles. The number of benzene rings is 1. The first-order chi connectivity index (χ1) is 8.52. The van der Waals surface area contributed by atoms with Crippen LogP contribution in [0.2, 0.25) is 0 Å². The van der Waals surface area contributed by atoms with Crippen LogP contribution in [0.4, 0.5) is 4.39 Å². The number of carbonyl (C=O) groups excluding carboxylic acids is 1. The molecule has 1 aromatic rings.